The molecule has 1 aromatic rings. The Morgan fingerprint density at radius 3 is 1.91 bits per heavy atom. The van der Waals surface area contributed by atoms with E-state index < -0.39 is 37.4 Å². The number of hydrogen-bond acceptors (Lipinski definition) is 5. The molecule has 7 nitrogen and oxygen atoms in total. The Bertz CT molecular complexity index is 575. The Hall–Kier alpha value is -1.69. The average Bonchev–Trinajstić information content (AvgIpc) is 2.43. The van der Waals surface area contributed by atoms with Gasteiger partial charge in [-0.1, -0.05) is 18.2 Å². The number of hydrogen-bond donors (Lipinski definition) is 2. The predicted molar refractivity (Wildman–Crippen MR) is 86.9 cm³/mol. The first kappa shape index (κ1) is 19.4. The SMILES string of the molecule is CC(C)OP(=O)(OC(C)C)[C@@H](NC(=O)c1ccccc1)C(N)=O. The highest BCUT2D eigenvalue weighted by Crippen LogP contribution is 2.54. The minimum atomic E-state index is -3.98. The van der Waals surface area contributed by atoms with Gasteiger partial charge in [0.15, 0.2) is 0 Å². The zero-order valence-electron chi connectivity index (χ0n) is 13.7. The lowest BCUT2D eigenvalue weighted by atomic mass is 10.2. The lowest BCUT2D eigenvalue weighted by molar-refractivity contribution is -0.118. The molecule has 128 valence electrons. The Balaban J connectivity index is 3.08. The number of benzene rings is 1. The average molecular weight is 342 g/mol. The molecule has 23 heavy (non-hydrogen) atoms. The van der Waals surface area contributed by atoms with Crippen molar-refractivity contribution in [1.29, 1.82) is 0 Å². The number of carbonyl (C=O) groups is 2. The minimum absolute atomic E-state index is 0.305. The molecule has 0 bridgehead atoms. The summed E-state index contributed by atoms with van der Waals surface area (Å²) in [5.41, 5.74) is 5.62. The molecule has 0 spiro atoms. The van der Waals surface area contributed by atoms with Crippen LogP contribution in [-0.2, 0) is 18.4 Å². The second-order valence-electron chi connectivity index (χ2n) is 5.49. The van der Waals surface area contributed by atoms with E-state index in [2.05, 4.69) is 5.32 Å². The lowest BCUT2D eigenvalue weighted by Gasteiger charge is -2.28. The van der Waals surface area contributed by atoms with Gasteiger partial charge in [-0.25, -0.2) is 0 Å². The second-order valence-corrected chi connectivity index (χ2v) is 7.51. The summed E-state index contributed by atoms with van der Waals surface area (Å²) >= 11 is 0. The summed E-state index contributed by atoms with van der Waals surface area (Å²) < 4.78 is 23.6. The van der Waals surface area contributed by atoms with E-state index in [9.17, 15) is 14.2 Å². The Morgan fingerprint density at radius 2 is 1.52 bits per heavy atom. The molecule has 0 heterocycles. The molecule has 0 saturated carbocycles. The highest BCUT2D eigenvalue weighted by atomic mass is 31.2. The summed E-state index contributed by atoms with van der Waals surface area (Å²) in [6.45, 7) is 6.58. The first-order valence-corrected chi connectivity index (χ1v) is 8.88. The molecule has 0 aliphatic rings. The first-order valence-electron chi connectivity index (χ1n) is 7.27. The summed E-state index contributed by atoms with van der Waals surface area (Å²) in [5, 5.41) is 2.36. The van der Waals surface area contributed by atoms with Crippen LogP contribution < -0.4 is 11.1 Å². The molecular weight excluding hydrogens is 319 g/mol. The van der Waals surface area contributed by atoms with Crippen molar-refractivity contribution in [2.75, 3.05) is 0 Å². The van der Waals surface area contributed by atoms with Crippen LogP contribution in [0.1, 0.15) is 38.1 Å². The quantitative estimate of drug-likeness (QED) is 0.705. The summed E-state index contributed by atoms with van der Waals surface area (Å²) in [5.74, 6) is -3.15. The van der Waals surface area contributed by atoms with E-state index in [-0.39, 0.29) is 0 Å². The second kappa shape index (κ2) is 8.24. The number of rotatable bonds is 8. The van der Waals surface area contributed by atoms with Crippen molar-refractivity contribution in [3.05, 3.63) is 35.9 Å². The first-order chi connectivity index (χ1) is 10.7. The van der Waals surface area contributed by atoms with Gasteiger partial charge in [0, 0.05) is 5.56 Å². The van der Waals surface area contributed by atoms with Crippen molar-refractivity contribution in [2.24, 2.45) is 5.73 Å². The maximum absolute atomic E-state index is 13.0. The zero-order chi connectivity index (χ0) is 17.6. The summed E-state index contributed by atoms with van der Waals surface area (Å²) in [7, 11) is -3.98. The summed E-state index contributed by atoms with van der Waals surface area (Å²) in [4.78, 5) is 24.0. The van der Waals surface area contributed by atoms with Gasteiger partial charge >= 0.3 is 7.60 Å². The molecule has 0 unspecified atom stereocenters. The van der Waals surface area contributed by atoms with E-state index in [1.165, 1.54) is 0 Å². The van der Waals surface area contributed by atoms with Crippen molar-refractivity contribution in [2.45, 2.75) is 45.7 Å². The molecule has 0 aliphatic heterocycles. The topological polar surface area (TPSA) is 108 Å². The molecule has 0 aromatic heterocycles. The molecule has 8 heteroatoms. The number of amides is 2. The molecule has 0 fully saturated rings. The number of carbonyl (C=O) groups excluding carboxylic acids is 2. The Labute approximate surface area is 136 Å². The highest BCUT2D eigenvalue weighted by molar-refractivity contribution is 7.55. The zero-order valence-corrected chi connectivity index (χ0v) is 14.6. The van der Waals surface area contributed by atoms with Gasteiger partial charge in [-0.15, -0.1) is 0 Å². The largest absolute Gasteiger partial charge is 0.367 e. The fourth-order valence-corrected chi connectivity index (χ4v) is 3.89. The van der Waals surface area contributed by atoms with E-state index in [1.54, 1.807) is 58.0 Å². The minimum Gasteiger partial charge on any atom is -0.367 e. The predicted octanol–water partition coefficient (Wildman–Crippen LogP) is 2.27. The monoisotopic (exact) mass is 342 g/mol. The molecule has 2 amide bonds. The van der Waals surface area contributed by atoms with Crippen molar-refractivity contribution in [1.82, 2.24) is 5.32 Å². The van der Waals surface area contributed by atoms with Crippen molar-refractivity contribution < 1.29 is 23.2 Å². The van der Waals surface area contributed by atoms with Gasteiger partial charge in [0.05, 0.1) is 12.2 Å². The molecule has 1 rings (SSSR count). The van der Waals surface area contributed by atoms with Crippen LogP contribution in [0.2, 0.25) is 0 Å². The van der Waals surface area contributed by atoms with E-state index in [4.69, 9.17) is 14.8 Å². The molecular formula is C15H23N2O5P. The Morgan fingerprint density at radius 1 is 1.04 bits per heavy atom. The van der Waals surface area contributed by atoms with Crippen LogP contribution in [0, 0.1) is 0 Å². The van der Waals surface area contributed by atoms with Gasteiger partial charge in [-0.3, -0.25) is 14.2 Å². The third-order valence-corrected chi connectivity index (χ3v) is 5.05. The van der Waals surface area contributed by atoms with Crippen LogP contribution in [0.4, 0.5) is 0 Å². The molecule has 3 N–H and O–H groups in total. The Kier molecular flexibility index (Phi) is 6.94. The molecule has 0 saturated heterocycles. The highest BCUT2D eigenvalue weighted by Gasteiger charge is 2.43. The maximum Gasteiger partial charge on any atom is 0.362 e. The number of primary amides is 1. The van der Waals surface area contributed by atoms with Crippen LogP contribution in [0.3, 0.4) is 0 Å². The van der Waals surface area contributed by atoms with Crippen molar-refractivity contribution in [3.63, 3.8) is 0 Å². The van der Waals surface area contributed by atoms with Crippen LogP contribution in [0.25, 0.3) is 0 Å². The molecule has 1 atom stereocenters. The van der Waals surface area contributed by atoms with Gasteiger partial charge in [0.2, 0.25) is 5.78 Å². The smallest absolute Gasteiger partial charge is 0.362 e. The molecule has 0 aliphatic carbocycles. The third kappa shape index (κ3) is 5.78. The van der Waals surface area contributed by atoms with E-state index >= 15 is 0 Å². The van der Waals surface area contributed by atoms with Gasteiger partial charge in [-0.2, -0.15) is 0 Å². The lowest BCUT2D eigenvalue weighted by Crippen LogP contribution is -2.45. The standard InChI is InChI=1S/C15H23N2O5P/c1-10(2)21-23(20,22-11(3)4)15(13(16)18)17-14(19)12-8-6-5-7-9-12/h5-11,15H,1-4H3,(H2,16,18)(H,17,19)/t15-/m1/s1. The van der Waals surface area contributed by atoms with E-state index in [1.807, 2.05) is 0 Å². The number of nitrogens with two attached hydrogens (primary N) is 1. The number of nitrogens with one attached hydrogen (secondary N) is 1. The van der Waals surface area contributed by atoms with Crippen molar-refractivity contribution in [3.8, 4) is 0 Å². The fraction of sp³-hybridized carbons (Fsp3) is 0.467. The van der Waals surface area contributed by atoms with Crippen LogP contribution >= 0.6 is 7.60 Å². The van der Waals surface area contributed by atoms with Gasteiger partial charge < -0.3 is 20.1 Å². The van der Waals surface area contributed by atoms with Crippen LogP contribution in [0.15, 0.2) is 30.3 Å². The summed E-state index contributed by atoms with van der Waals surface area (Å²) in [6.07, 6.45) is -0.954. The van der Waals surface area contributed by atoms with Gasteiger partial charge in [0.25, 0.3) is 11.8 Å². The van der Waals surface area contributed by atoms with E-state index in [0.717, 1.165) is 0 Å². The molecule has 1 aromatic carbocycles. The van der Waals surface area contributed by atoms with Crippen molar-refractivity contribution >= 4 is 19.4 Å². The van der Waals surface area contributed by atoms with Gasteiger partial charge in [-0.05, 0) is 39.8 Å². The molecule has 0 radical (unpaired) electrons. The van der Waals surface area contributed by atoms with E-state index in [0.29, 0.717) is 5.56 Å². The fourth-order valence-electron chi connectivity index (χ4n) is 1.84. The normalized spacial score (nSPS) is 13.1. The maximum atomic E-state index is 13.0. The third-order valence-electron chi connectivity index (χ3n) is 2.61. The van der Waals surface area contributed by atoms with Gasteiger partial charge in [0.1, 0.15) is 0 Å². The van der Waals surface area contributed by atoms with Crippen LogP contribution in [0.5, 0.6) is 0 Å². The summed E-state index contributed by atoms with van der Waals surface area (Å²) in [6, 6.07) is 8.21. The van der Waals surface area contributed by atoms with Crippen LogP contribution in [-0.4, -0.2) is 29.8 Å².